The molecule has 7 heteroatoms. The minimum absolute atomic E-state index is 0.0424. The first-order valence-corrected chi connectivity index (χ1v) is 5.84. The highest BCUT2D eigenvalue weighted by Gasteiger charge is 2.19. The highest BCUT2D eigenvalue weighted by Crippen LogP contribution is 2.17. The van der Waals surface area contributed by atoms with Crippen molar-refractivity contribution in [1.82, 2.24) is 14.8 Å². The van der Waals surface area contributed by atoms with Gasteiger partial charge >= 0.3 is 5.97 Å². The van der Waals surface area contributed by atoms with E-state index in [0.717, 1.165) is 0 Å². The van der Waals surface area contributed by atoms with E-state index >= 15 is 0 Å². The second-order valence-corrected chi connectivity index (χ2v) is 4.17. The average Bonchev–Trinajstić information content (AvgIpc) is 2.70. The molecule has 0 saturated heterocycles. The van der Waals surface area contributed by atoms with Gasteiger partial charge in [0.15, 0.2) is 5.69 Å². The number of hydrogen-bond donors (Lipinski definition) is 1. The van der Waals surface area contributed by atoms with E-state index in [2.05, 4.69) is 10.1 Å². The van der Waals surface area contributed by atoms with Gasteiger partial charge in [0.05, 0.1) is 11.4 Å². The SMILES string of the molecule is Cc1nn(C)c(C(=O)OCc2cccnc2C#N)c1N. The van der Waals surface area contributed by atoms with Crippen molar-refractivity contribution in [3.63, 3.8) is 0 Å². The third-order valence-electron chi connectivity index (χ3n) is 2.82. The van der Waals surface area contributed by atoms with Crippen LogP contribution in [0.3, 0.4) is 0 Å². The summed E-state index contributed by atoms with van der Waals surface area (Å²) in [7, 11) is 1.62. The Kier molecular flexibility index (Phi) is 3.66. The van der Waals surface area contributed by atoms with Crippen molar-refractivity contribution in [1.29, 1.82) is 5.26 Å². The molecule has 2 rings (SSSR count). The summed E-state index contributed by atoms with van der Waals surface area (Å²) >= 11 is 0. The van der Waals surface area contributed by atoms with Crippen LogP contribution in [-0.2, 0) is 18.4 Å². The van der Waals surface area contributed by atoms with Crippen LogP contribution < -0.4 is 5.73 Å². The Labute approximate surface area is 115 Å². The zero-order valence-corrected chi connectivity index (χ0v) is 11.1. The van der Waals surface area contributed by atoms with Gasteiger partial charge in [-0.15, -0.1) is 0 Å². The zero-order valence-electron chi connectivity index (χ0n) is 11.1. The Balaban J connectivity index is 2.15. The largest absolute Gasteiger partial charge is 0.456 e. The quantitative estimate of drug-likeness (QED) is 0.832. The van der Waals surface area contributed by atoms with Gasteiger partial charge in [0.1, 0.15) is 18.4 Å². The number of anilines is 1. The molecule has 0 fully saturated rings. The summed E-state index contributed by atoms with van der Waals surface area (Å²) in [6, 6.07) is 5.29. The van der Waals surface area contributed by atoms with E-state index in [-0.39, 0.29) is 18.0 Å². The highest BCUT2D eigenvalue weighted by atomic mass is 16.5. The normalized spacial score (nSPS) is 10.1. The summed E-state index contributed by atoms with van der Waals surface area (Å²) in [4.78, 5) is 15.9. The Morgan fingerprint density at radius 2 is 2.35 bits per heavy atom. The zero-order chi connectivity index (χ0) is 14.7. The van der Waals surface area contributed by atoms with Gasteiger partial charge in [-0.05, 0) is 13.0 Å². The number of carbonyl (C=O) groups is 1. The van der Waals surface area contributed by atoms with Gasteiger partial charge in [0, 0.05) is 18.8 Å². The number of aromatic nitrogens is 3. The van der Waals surface area contributed by atoms with E-state index in [1.54, 1.807) is 26.1 Å². The number of hydrogen-bond acceptors (Lipinski definition) is 6. The number of carbonyl (C=O) groups excluding carboxylic acids is 1. The van der Waals surface area contributed by atoms with Crippen molar-refractivity contribution in [2.75, 3.05) is 5.73 Å². The van der Waals surface area contributed by atoms with Crippen LogP contribution in [0.25, 0.3) is 0 Å². The van der Waals surface area contributed by atoms with Crippen molar-refractivity contribution >= 4 is 11.7 Å². The molecule has 0 aromatic carbocycles. The van der Waals surface area contributed by atoms with Gasteiger partial charge in [-0.2, -0.15) is 10.4 Å². The molecule has 2 aromatic rings. The molecule has 0 amide bonds. The smallest absolute Gasteiger partial charge is 0.359 e. The highest BCUT2D eigenvalue weighted by molar-refractivity contribution is 5.93. The second kappa shape index (κ2) is 5.40. The number of ether oxygens (including phenoxy) is 1. The molecule has 0 atom stereocenters. The number of aryl methyl sites for hydroxylation is 2. The van der Waals surface area contributed by atoms with Crippen molar-refractivity contribution < 1.29 is 9.53 Å². The van der Waals surface area contributed by atoms with Gasteiger partial charge in [-0.3, -0.25) is 4.68 Å². The maximum Gasteiger partial charge on any atom is 0.359 e. The lowest BCUT2D eigenvalue weighted by atomic mass is 10.2. The molecule has 0 bridgehead atoms. The summed E-state index contributed by atoms with van der Waals surface area (Å²) in [6.45, 7) is 1.67. The molecule has 102 valence electrons. The number of nitrogen functional groups attached to an aromatic ring is 1. The third kappa shape index (κ3) is 2.44. The topological polar surface area (TPSA) is 107 Å². The lowest BCUT2D eigenvalue weighted by molar-refractivity contribution is 0.0460. The van der Waals surface area contributed by atoms with Crippen molar-refractivity contribution in [3.05, 3.63) is 41.0 Å². The number of nitriles is 1. The first-order valence-electron chi connectivity index (χ1n) is 5.84. The molecular weight excluding hydrogens is 258 g/mol. The summed E-state index contributed by atoms with van der Waals surface area (Å²) < 4.78 is 6.54. The number of rotatable bonds is 3. The number of nitrogens with zero attached hydrogens (tertiary/aromatic N) is 4. The van der Waals surface area contributed by atoms with Crippen molar-refractivity contribution in [3.8, 4) is 6.07 Å². The molecule has 2 N–H and O–H groups in total. The Hall–Kier alpha value is -2.88. The maximum absolute atomic E-state index is 12.0. The van der Waals surface area contributed by atoms with Crippen LogP contribution in [0.1, 0.15) is 27.4 Å². The van der Waals surface area contributed by atoms with E-state index < -0.39 is 5.97 Å². The Morgan fingerprint density at radius 3 is 2.95 bits per heavy atom. The minimum Gasteiger partial charge on any atom is -0.456 e. The number of pyridine rings is 1. The molecular formula is C13H13N5O2. The summed E-state index contributed by atoms with van der Waals surface area (Å²) in [5.74, 6) is -0.585. The van der Waals surface area contributed by atoms with Gasteiger partial charge in [0.25, 0.3) is 0 Å². The van der Waals surface area contributed by atoms with Crippen LogP contribution in [-0.4, -0.2) is 20.7 Å². The van der Waals surface area contributed by atoms with Crippen LogP contribution in [0.4, 0.5) is 5.69 Å². The predicted octanol–water partition coefficient (Wildman–Crippen LogP) is 0.934. The molecule has 0 aliphatic heterocycles. The van der Waals surface area contributed by atoms with Crippen molar-refractivity contribution in [2.24, 2.45) is 7.05 Å². The fourth-order valence-electron chi connectivity index (χ4n) is 1.78. The summed E-state index contributed by atoms with van der Waals surface area (Å²) in [5, 5.41) is 13.0. The lowest BCUT2D eigenvalue weighted by Crippen LogP contribution is -2.13. The van der Waals surface area contributed by atoms with Gasteiger partial charge < -0.3 is 10.5 Å². The van der Waals surface area contributed by atoms with Crippen molar-refractivity contribution in [2.45, 2.75) is 13.5 Å². The first-order chi connectivity index (χ1) is 9.54. The number of esters is 1. The van der Waals surface area contributed by atoms with Crippen LogP contribution in [0, 0.1) is 18.3 Å². The van der Waals surface area contributed by atoms with Crippen LogP contribution in [0.2, 0.25) is 0 Å². The fourth-order valence-corrected chi connectivity index (χ4v) is 1.78. The van der Waals surface area contributed by atoms with Crippen LogP contribution in [0.5, 0.6) is 0 Å². The van der Waals surface area contributed by atoms with Gasteiger partial charge in [-0.1, -0.05) is 6.07 Å². The molecule has 0 saturated carbocycles. The molecule has 2 aromatic heterocycles. The summed E-state index contributed by atoms with van der Waals surface area (Å²) in [5.41, 5.74) is 7.62. The molecule has 0 unspecified atom stereocenters. The minimum atomic E-state index is -0.585. The Morgan fingerprint density at radius 1 is 1.60 bits per heavy atom. The second-order valence-electron chi connectivity index (χ2n) is 4.17. The van der Waals surface area contributed by atoms with E-state index in [4.69, 9.17) is 15.7 Å². The molecule has 0 aliphatic carbocycles. The van der Waals surface area contributed by atoms with Gasteiger partial charge in [-0.25, -0.2) is 9.78 Å². The molecule has 0 spiro atoms. The first kappa shape index (κ1) is 13.5. The molecule has 7 nitrogen and oxygen atoms in total. The van der Waals surface area contributed by atoms with E-state index in [1.165, 1.54) is 10.9 Å². The van der Waals surface area contributed by atoms with Crippen LogP contribution >= 0.6 is 0 Å². The van der Waals surface area contributed by atoms with E-state index in [9.17, 15) is 4.79 Å². The fraction of sp³-hybridized carbons (Fsp3) is 0.231. The van der Waals surface area contributed by atoms with E-state index in [1.807, 2.05) is 6.07 Å². The predicted molar refractivity (Wildman–Crippen MR) is 70.4 cm³/mol. The number of nitrogens with two attached hydrogens (primary N) is 1. The van der Waals surface area contributed by atoms with E-state index in [0.29, 0.717) is 16.9 Å². The monoisotopic (exact) mass is 271 g/mol. The summed E-state index contributed by atoms with van der Waals surface area (Å²) in [6.07, 6.45) is 1.51. The molecule has 2 heterocycles. The molecule has 20 heavy (non-hydrogen) atoms. The Bertz CT molecular complexity index is 699. The molecule has 0 aliphatic rings. The standard InChI is InChI=1S/C13H13N5O2/c1-8-11(15)12(18(2)17-8)13(19)20-7-9-4-3-5-16-10(9)6-14/h3-5H,7,15H2,1-2H3. The average molecular weight is 271 g/mol. The maximum atomic E-state index is 12.0. The van der Waals surface area contributed by atoms with Gasteiger partial charge in [0.2, 0.25) is 0 Å². The molecule has 0 radical (unpaired) electrons. The van der Waals surface area contributed by atoms with Crippen LogP contribution in [0.15, 0.2) is 18.3 Å². The lowest BCUT2D eigenvalue weighted by Gasteiger charge is -2.06. The third-order valence-corrected chi connectivity index (χ3v) is 2.82.